The van der Waals surface area contributed by atoms with Gasteiger partial charge in [-0.3, -0.25) is 0 Å². The SMILES string of the molecule is COc1ccc(NCc2ccc(Cl)cc2F)cc1OC. The first-order valence-corrected chi connectivity index (χ1v) is 6.41. The van der Waals surface area contributed by atoms with E-state index in [0.29, 0.717) is 28.6 Å². The molecule has 2 rings (SSSR count). The summed E-state index contributed by atoms with van der Waals surface area (Å²) in [7, 11) is 3.15. The van der Waals surface area contributed by atoms with E-state index in [2.05, 4.69) is 5.32 Å². The van der Waals surface area contributed by atoms with Crippen LogP contribution in [0.2, 0.25) is 5.02 Å². The van der Waals surface area contributed by atoms with Gasteiger partial charge in [0.15, 0.2) is 11.5 Å². The summed E-state index contributed by atoms with van der Waals surface area (Å²) < 4.78 is 24.0. The van der Waals surface area contributed by atoms with E-state index in [-0.39, 0.29) is 5.82 Å². The van der Waals surface area contributed by atoms with Crippen LogP contribution in [-0.2, 0) is 6.54 Å². The van der Waals surface area contributed by atoms with Crippen molar-refractivity contribution < 1.29 is 13.9 Å². The van der Waals surface area contributed by atoms with Gasteiger partial charge in [-0.25, -0.2) is 4.39 Å². The van der Waals surface area contributed by atoms with Crippen LogP contribution in [0.4, 0.5) is 10.1 Å². The lowest BCUT2D eigenvalue weighted by Crippen LogP contribution is -2.02. The number of methoxy groups -OCH3 is 2. The molecule has 0 unspecified atom stereocenters. The molecule has 0 heterocycles. The van der Waals surface area contributed by atoms with E-state index in [4.69, 9.17) is 21.1 Å². The molecule has 106 valence electrons. The highest BCUT2D eigenvalue weighted by atomic mass is 35.5. The minimum Gasteiger partial charge on any atom is -0.493 e. The zero-order valence-corrected chi connectivity index (χ0v) is 12.0. The van der Waals surface area contributed by atoms with E-state index in [1.807, 2.05) is 6.07 Å². The van der Waals surface area contributed by atoms with Gasteiger partial charge in [-0.2, -0.15) is 0 Å². The van der Waals surface area contributed by atoms with Crippen molar-refractivity contribution in [3.8, 4) is 11.5 Å². The first-order chi connectivity index (χ1) is 9.63. The number of ether oxygens (including phenoxy) is 2. The molecule has 0 aliphatic carbocycles. The molecule has 0 fully saturated rings. The molecule has 0 saturated carbocycles. The predicted octanol–water partition coefficient (Wildman–Crippen LogP) is 4.11. The highest BCUT2D eigenvalue weighted by Gasteiger charge is 2.06. The van der Waals surface area contributed by atoms with Crippen LogP contribution in [0.5, 0.6) is 11.5 Å². The lowest BCUT2D eigenvalue weighted by Gasteiger charge is -2.11. The standard InChI is InChI=1S/C15H15ClFNO2/c1-19-14-6-5-12(8-15(14)20-2)18-9-10-3-4-11(16)7-13(10)17/h3-8,18H,9H2,1-2H3. The number of nitrogens with one attached hydrogen (secondary N) is 1. The number of hydrogen-bond acceptors (Lipinski definition) is 3. The maximum absolute atomic E-state index is 13.6. The molecule has 2 aromatic rings. The zero-order chi connectivity index (χ0) is 14.5. The van der Waals surface area contributed by atoms with Gasteiger partial charge in [0, 0.05) is 28.9 Å². The van der Waals surface area contributed by atoms with E-state index < -0.39 is 0 Å². The summed E-state index contributed by atoms with van der Waals surface area (Å²) >= 11 is 5.72. The van der Waals surface area contributed by atoms with Crippen molar-refractivity contribution in [1.29, 1.82) is 0 Å². The predicted molar refractivity (Wildman–Crippen MR) is 78.3 cm³/mol. The van der Waals surface area contributed by atoms with Gasteiger partial charge in [0.2, 0.25) is 0 Å². The largest absolute Gasteiger partial charge is 0.493 e. The van der Waals surface area contributed by atoms with Crippen LogP contribution >= 0.6 is 11.6 Å². The maximum Gasteiger partial charge on any atom is 0.162 e. The van der Waals surface area contributed by atoms with E-state index in [1.54, 1.807) is 38.5 Å². The van der Waals surface area contributed by atoms with Gasteiger partial charge in [0.25, 0.3) is 0 Å². The summed E-state index contributed by atoms with van der Waals surface area (Å²) in [6, 6.07) is 10.1. The third kappa shape index (κ3) is 3.33. The Hall–Kier alpha value is -1.94. The second kappa shape index (κ2) is 6.48. The van der Waals surface area contributed by atoms with Crippen LogP contribution < -0.4 is 14.8 Å². The van der Waals surface area contributed by atoms with E-state index in [1.165, 1.54) is 6.07 Å². The van der Waals surface area contributed by atoms with Gasteiger partial charge >= 0.3 is 0 Å². The Balaban J connectivity index is 2.10. The molecule has 20 heavy (non-hydrogen) atoms. The molecular formula is C15H15ClFNO2. The Morgan fingerprint density at radius 3 is 2.45 bits per heavy atom. The zero-order valence-electron chi connectivity index (χ0n) is 11.2. The molecular weight excluding hydrogens is 281 g/mol. The molecule has 5 heteroatoms. The molecule has 0 saturated heterocycles. The molecule has 1 N–H and O–H groups in total. The average molecular weight is 296 g/mol. The monoisotopic (exact) mass is 295 g/mol. The second-order valence-electron chi connectivity index (χ2n) is 4.16. The van der Waals surface area contributed by atoms with Gasteiger partial charge in [-0.05, 0) is 24.3 Å². The number of halogens is 2. The minimum absolute atomic E-state index is 0.328. The van der Waals surface area contributed by atoms with Crippen LogP contribution in [0, 0.1) is 5.82 Å². The van der Waals surface area contributed by atoms with E-state index >= 15 is 0 Å². The quantitative estimate of drug-likeness (QED) is 0.900. The van der Waals surface area contributed by atoms with Crippen molar-refractivity contribution >= 4 is 17.3 Å². The fourth-order valence-corrected chi connectivity index (χ4v) is 1.97. The molecule has 0 aliphatic rings. The normalized spacial score (nSPS) is 10.2. The molecule has 0 aromatic heterocycles. The Kier molecular flexibility index (Phi) is 4.69. The Morgan fingerprint density at radius 2 is 1.80 bits per heavy atom. The second-order valence-corrected chi connectivity index (χ2v) is 4.60. The van der Waals surface area contributed by atoms with Crippen molar-refractivity contribution in [2.24, 2.45) is 0 Å². The van der Waals surface area contributed by atoms with Crippen molar-refractivity contribution in [2.45, 2.75) is 6.54 Å². The molecule has 0 bridgehead atoms. The molecule has 0 aliphatic heterocycles. The summed E-state index contributed by atoms with van der Waals surface area (Å²) in [4.78, 5) is 0. The minimum atomic E-state index is -0.328. The van der Waals surface area contributed by atoms with Crippen molar-refractivity contribution in [3.05, 3.63) is 52.8 Å². The lowest BCUT2D eigenvalue weighted by atomic mass is 10.2. The Morgan fingerprint density at radius 1 is 1.05 bits per heavy atom. The van der Waals surface area contributed by atoms with Crippen molar-refractivity contribution in [1.82, 2.24) is 0 Å². The number of hydrogen-bond donors (Lipinski definition) is 1. The summed E-state index contributed by atoms with van der Waals surface area (Å²) in [6.07, 6.45) is 0. The van der Waals surface area contributed by atoms with E-state index in [9.17, 15) is 4.39 Å². The molecule has 0 amide bonds. The molecule has 2 aromatic carbocycles. The molecule has 0 radical (unpaired) electrons. The summed E-state index contributed by atoms with van der Waals surface area (Å²) in [5, 5.41) is 3.52. The van der Waals surface area contributed by atoms with Gasteiger partial charge in [0.05, 0.1) is 14.2 Å². The summed E-state index contributed by atoms with van der Waals surface area (Å²) in [5.74, 6) is 0.940. The fourth-order valence-electron chi connectivity index (χ4n) is 1.81. The topological polar surface area (TPSA) is 30.5 Å². The first kappa shape index (κ1) is 14.5. The lowest BCUT2D eigenvalue weighted by molar-refractivity contribution is 0.355. The van der Waals surface area contributed by atoms with Crippen molar-refractivity contribution in [2.75, 3.05) is 19.5 Å². The highest BCUT2D eigenvalue weighted by molar-refractivity contribution is 6.30. The highest BCUT2D eigenvalue weighted by Crippen LogP contribution is 2.30. The van der Waals surface area contributed by atoms with Gasteiger partial charge in [-0.1, -0.05) is 17.7 Å². The third-order valence-corrected chi connectivity index (χ3v) is 3.12. The number of anilines is 1. The van der Waals surface area contributed by atoms with Crippen LogP contribution in [0.25, 0.3) is 0 Å². The molecule has 3 nitrogen and oxygen atoms in total. The van der Waals surface area contributed by atoms with Crippen LogP contribution in [0.15, 0.2) is 36.4 Å². The number of rotatable bonds is 5. The Bertz CT molecular complexity index is 604. The summed E-state index contributed by atoms with van der Waals surface area (Å²) in [6.45, 7) is 0.360. The van der Waals surface area contributed by atoms with Crippen LogP contribution in [0.1, 0.15) is 5.56 Å². The van der Waals surface area contributed by atoms with Crippen LogP contribution in [0.3, 0.4) is 0 Å². The van der Waals surface area contributed by atoms with Crippen LogP contribution in [-0.4, -0.2) is 14.2 Å². The first-order valence-electron chi connectivity index (χ1n) is 6.04. The fraction of sp³-hybridized carbons (Fsp3) is 0.200. The average Bonchev–Trinajstić information content (AvgIpc) is 2.46. The Labute approximate surface area is 122 Å². The van der Waals surface area contributed by atoms with Gasteiger partial charge in [0.1, 0.15) is 5.82 Å². The molecule has 0 spiro atoms. The third-order valence-electron chi connectivity index (χ3n) is 2.88. The smallest absolute Gasteiger partial charge is 0.162 e. The maximum atomic E-state index is 13.6. The van der Waals surface area contributed by atoms with E-state index in [0.717, 1.165) is 5.69 Å². The number of benzene rings is 2. The summed E-state index contributed by atoms with van der Waals surface area (Å²) in [5.41, 5.74) is 1.36. The molecule has 0 atom stereocenters. The van der Waals surface area contributed by atoms with Gasteiger partial charge < -0.3 is 14.8 Å². The van der Waals surface area contributed by atoms with Crippen molar-refractivity contribution in [3.63, 3.8) is 0 Å². The van der Waals surface area contributed by atoms with Gasteiger partial charge in [-0.15, -0.1) is 0 Å².